The Balaban J connectivity index is 2.21. The van der Waals surface area contributed by atoms with Gasteiger partial charge < -0.3 is 18.9 Å². The fraction of sp³-hybridized carbons (Fsp3) is 0.429. The topological polar surface area (TPSA) is 71.1 Å². The van der Waals surface area contributed by atoms with Gasteiger partial charge >= 0.3 is 12.3 Å². The van der Waals surface area contributed by atoms with Crippen LogP contribution < -0.4 is 9.47 Å². The largest absolute Gasteiger partial charge is 0.513 e. The molecule has 0 saturated heterocycles. The van der Waals surface area contributed by atoms with E-state index in [-0.39, 0.29) is 5.41 Å². The monoisotopic (exact) mass is 466 g/mol. The minimum absolute atomic E-state index is 0.273. The van der Waals surface area contributed by atoms with Crippen LogP contribution in [-0.2, 0) is 14.9 Å². The summed E-state index contributed by atoms with van der Waals surface area (Å²) < 4.78 is 22.1. The average molecular weight is 467 g/mol. The Kier molecular flexibility index (Phi) is 8.37. The second-order valence-electron chi connectivity index (χ2n) is 9.29. The van der Waals surface area contributed by atoms with E-state index >= 15 is 0 Å². The van der Waals surface area contributed by atoms with Gasteiger partial charge in [-0.05, 0) is 23.8 Å². The van der Waals surface area contributed by atoms with E-state index in [0.717, 1.165) is 31.2 Å². The SMILES string of the molecule is CCCCOC(=O)Oc1c2ccccc2c(OC(=O)OCCCC)c2c(C(C)(C)C)cccc12. The van der Waals surface area contributed by atoms with E-state index in [1.807, 2.05) is 56.3 Å². The van der Waals surface area contributed by atoms with Crippen LogP contribution in [0.2, 0.25) is 0 Å². The number of ether oxygens (including phenoxy) is 4. The number of fused-ring (bicyclic) bond motifs is 2. The van der Waals surface area contributed by atoms with E-state index in [1.165, 1.54) is 0 Å². The van der Waals surface area contributed by atoms with Crippen LogP contribution in [0.4, 0.5) is 9.59 Å². The van der Waals surface area contributed by atoms with Crippen LogP contribution >= 0.6 is 0 Å². The summed E-state index contributed by atoms with van der Waals surface area (Å²) in [4.78, 5) is 25.1. The molecule has 0 aliphatic rings. The average Bonchev–Trinajstić information content (AvgIpc) is 2.80. The molecule has 34 heavy (non-hydrogen) atoms. The van der Waals surface area contributed by atoms with Crippen molar-refractivity contribution in [3.05, 3.63) is 48.0 Å². The maximum Gasteiger partial charge on any atom is 0.513 e. The van der Waals surface area contributed by atoms with Crippen molar-refractivity contribution in [2.45, 2.75) is 65.7 Å². The van der Waals surface area contributed by atoms with Gasteiger partial charge in [0.1, 0.15) is 5.75 Å². The zero-order valence-corrected chi connectivity index (χ0v) is 20.7. The molecule has 0 aliphatic heterocycles. The van der Waals surface area contributed by atoms with Gasteiger partial charge in [0.2, 0.25) is 0 Å². The Hall–Kier alpha value is -3.28. The molecule has 0 aliphatic carbocycles. The molecule has 3 aromatic rings. The van der Waals surface area contributed by atoms with E-state index in [0.29, 0.717) is 46.3 Å². The third-order valence-corrected chi connectivity index (χ3v) is 5.57. The van der Waals surface area contributed by atoms with Gasteiger partial charge in [-0.2, -0.15) is 0 Å². The lowest BCUT2D eigenvalue weighted by atomic mass is 9.82. The van der Waals surface area contributed by atoms with Gasteiger partial charge in [0, 0.05) is 21.5 Å². The van der Waals surface area contributed by atoms with Crippen molar-refractivity contribution in [1.29, 1.82) is 0 Å². The summed E-state index contributed by atoms with van der Waals surface area (Å²) >= 11 is 0. The molecule has 0 unspecified atom stereocenters. The quantitative estimate of drug-likeness (QED) is 0.145. The third-order valence-electron chi connectivity index (χ3n) is 5.57. The normalized spacial score (nSPS) is 11.4. The molecule has 182 valence electrons. The van der Waals surface area contributed by atoms with Gasteiger partial charge in [0.05, 0.1) is 13.2 Å². The van der Waals surface area contributed by atoms with Crippen molar-refractivity contribution in [1.82, 2.24) is 0 Å². The van der Waals surface area contributed by atoms with Crippen LogP contribution in [0.5, 0.6) is 11.5 Å². The first-order valence-electron chi connectivity index (χ1n) is 11.9. The second-order valence-corrected chi connectivity index (χ2v) is 9.29. The van der Waals surface area contributed by atoms with Gasteiger partial charge in [0.25, 0.3) is 0 Å². The first kappa shape index (κ1) is 25.3. The van der Waals surface area contributed by atoms with Crippen LogP contribution in [-0.4, -0.2) is 25.5 Å². The molecule has 3 rings (SSSR count). The number of carbonyl (C=O) groups is 2. The third kappa shape index (κ3) is 5.79. The van der Waals surface area contributed by atoms with Crippen LogP contribution in [0.3, 0.4) is 0 Å². The summed E-state index contributed by atoms with van der Waals surface area (Å²) in [6.07, 6.45) is 1.83. The number of benzene rings is 3. The van der Waals surface area contributed by atoms with E-state index < -0.39 is 12.3 Å². The highest BCUT2D eigenvalue weighted by atomic mass is 16.7. The fourth-order valence-electron chi connectivity index (χ4n) is 3.81. The summed E-state index contributed by atoms with van der Waals surface area (Å²) in [5.41, 5.74) is 0.682. The second kappa shape index (κ2) is 11.2. The van der Waals surface area contributed by atoms with Crippen molar-refractivity contribution in [3.8, 4) is 11.5 Å². The molecular weight excluding hydrogens is 432 g/mol. The van der Waals surface area contributed by atoms with Gasteiger partial charge in [0.15, 0.2) is 5.75 Å². The summed E-state index contributed by atoms with van der Waals surface area (Å²) in [6, 6.07) is 13.2. The first-order valence-corrected chi connectivity index (χ1v) is 11.9. The first-order chi connectivity index (χ1) is 16.3. The highest BCUT2D eigenvalue weighted by Gasteiger charge is 2.26. The van der Waals surface area contributed by atoms with Crippen molar-refractivity contribution in [2.75, 3.05) is 13.2 Å². The molecule has 0 bridgehead atoms. The molecular formula is C28H34O6. The maximum absolute atomic E-state index is 12.6. The lowest BCUT2D eigenvalue weighted by Crippen LogP contribution is -2.16. The highest BCUT2D eigenvalue weighted by Crippen LogP contribution is 2.46. The smallest absolute Gasteiger partial charge is 0.434 e. The minimum Gasteiger partial charge on any atom is -0.434 e. The van der Waals surface area contributed by atoms with Crippen molar-refractivity contribution in [2.24, 2.45) is 0 Å². The van der Waals surface area contributed by atoms with E-state index in [1.54, 1.807) is 0 Å². The number of hydrogen-bond acceptors (Lipinski definition) is 6. The van der Waals surface area contributed by atoms with Gasteiger partial charge in [-0.3, -0.25) is 0 Å². The van der Waals surface area contributed by atoms with Crippen LogP contribution in [0.1, 0.15) is 65.9 Å². The Labute approximate surface area is 201 Å². The predicted octanol–water partition coefficient (Wildman–Crippen LogP) is 7.92. The van der Waals surface area contributed by atoms with Crippen LogP contribution in [0.25, 0.3) is 21.5 Å². The van der Waals surface area contributed by atoms with Crippen molar-refractivity contribution < 1.29 is 28.5 Å². The Morgan fingerprint density at radius 2 is 1.21 bits per heavy atom. The molecule has 0 N–H and O–H groups in total. The zero-order chi connectivity index (χ0) is 24.7. The molecule has 0 heterocycles. The summed E-state index contributed by atoms with van der Waals surface area (Å²) in [6.45, 7) is 10.9. The molecule has 0 amide bonds. The number of unbranched alkanes of at least 4 members (excludes halogenated alkanes) is 2. The summed E-state index contributed by atoms with van der Waals surface area (Å²) in [7, 11) is 0. The molecule has 0 saturated carbocycles. The number of rotatable bonds is 8. The molecule has 0 fully saturated rings. The standard InChI is InChI=1S/C28H34O6/c1-6-8-17-31-26(29)33-24-19-13-10-11-14-20(19)25(34-27(30)32-18-9-7-2)23-21(24)15-12-16-22(23)28(3,4)5/h10-16H,6-9,17-18H2,1-5H3. The molecule has 3 aromatic carbocycles. The van der Waals surface area contributed by atoms with Gasteiger partial charge in [-0.25, -0.2) is 9.59 Å². The maximum atomic E-state index is 12.6. The summed E-state index contributed by atoms with van der Waals surface area (Å²) in [5, 5.41) is 2.66. The number of carbonyl (C=O) groups excluding carboxylic acids is 2. The van der Waals surface area contributed by atoms with Crippen LogP contribution in [0.15, 0.2) is 42.5 Å². The molecule has 6 nitrogen and oxygen atoms in total. The lowest BCUT2D eigenvalue weighted by molar-refractivity contribution is 0.0970. The lowest BCUT2D eigenvalue weighted by Gasteiger charge is -2.24. The van der Waals surface area contributed by atoms with Gasteiger partial charge in [-0.15, -0.1) is 0 Å². The zero-order valence-electron chi connectivity index (χ0n) is 20.7. The Morgan fingerprint density at radius 3 is 1.74 bits per heavy atom. The van der Waals surface area contributed by atoms with Crippen molar-refractivity contribution >= 4 is 33.9 Å². The molecule has 0 radical (unpaired) electrons. The predicted molar refractivity (Wildman–Crippen MR) is 134 cm³/mol. The molecule has 0 spiro atoms. The highest BCUT2D eigenvalue weighted by molar-refractivity contribution is 6.13. The van der Waals surface area contributed by atoms with Gasteiger partial charge in [-0.1, -0.05) is 89.9 Å². The minimum atomic E-state index is -0.756. The summed E-state index contributed by atoms with van der Waals surface area (Å²) in [5.74, 6) is 0.772. The van der Waals surface area contributed by atoms with Crippen LogP contribution in [0, 0.1) is 0 Å². The molecule has 0 atom stereocenters. The Bertz CT molecular complexity index is 1160. The fourth-order valence-corrected chi connectivity index (χ4v) is 3.81. The molecule has 0 aromatic heterocycles. The van der Waals surface area contributed by atoms with E-state index in [4.69, 9.17) is 18.9 Å². The van der Waals surface area contributed by atoms with E-state index in [2.05, 4.69) is 20.8 Å². The number of hydrogen-bond donors (Lipinski definition) is 0. The molecule has 6 heteroatoms. The van der Waals surface area contributed by atoms with Crippen molar-refractivity contribution in [3.63, 3.8) is 0 Å². The Morgan fingerprint density at radius 1 is 0.706 bits per heavy atom. The van der Waals surface area contributed by atoms with E-state index in [9.17, 15) is 9.59 Å².